The predicted octanol–water partition coefficient (Wildman–Crippen LogP) is 4.77. The lowest BCUT2D eigenvalue weighted by atomic mass is 10.1. The van der Waals surface area contributed by atoms with Gasteiger partial charge in [0.25, 0.3) is 5.56 Å². The van der Waals surface area contributed by atoms with Crippen molar-refractivity contribution in [2.24, 2.45) is 0 Å². The van der Waals surface area contributed by atoms with Crippen LogP contribution < -0.4 is 15.0 Å². The van der Waals surface area contributed by atoms with Crippen molar-refractivity contribution in [3.05, 3.63) is 87.5 Å². The molecule has 4 rings (SSSR count). The molecule has 164 valence electrons. The van der Waals surface area contributed by atoms with E-state index < -0.39 is 0 Å². The Bertz CT molecular complexity index is 1320. The third-order valence-corrected chi connectivity index (χ3v) is 6.40. The highest BCUT2D eigenvalue weighted by Crippen LogP contribution is 2.29. The van der Waals surface area contributed by atoms with Crippen molar-refractivity contribution in [1.82, 2.24) is 14.5 Å². The number of benzene rings is 2. The fourth-order valence-corrected chi connectivity index (χ4v) is 4.68. The summed E-state index contributed by atoms with van der Waals surface area (Å²) in [5.41, 5.74) is 4.55. The van der Waals surface area contributed by atoms with Gasteiger partial charge in [-0.3, -0.25) is 14.3 Å². The van der Waals surface area contributed by atoms with Crippen LogP contribution in [-0.4, -0.2) is 28.8 Å². The van der Waals surface area contributed by atoms with Gasteiger partial charge < -0.3 is 9.47 Å². The van der Waals surface area contributed by atoms with Gasteiger partial charge in [-0.2, -0.15) is 0 Å². The maximum atomic E-state index is 13.3. The van der Waals surface area contributed by atoms with Crippen LogP contribution >= 0.6 is 11.8 Å². The van der Waals surface area contributed by atoms with E-state index in [9.17, 15) is 4.79 Å². The Balaban J connectivity index is 1.72. The van der Waals surface area contributed by atoms with Gasteiger partial charge in [-0.25, -0.2) is 4.98 Å². The van der Waals surface area contributed by atoms with Crippen LogP contribution in [0.3, 0.4) is 0 Å². The maximum Gasteiger partial charge on any atom is 0.262 e. The van der Waals surface area contributed by atoms with E-state index in [2.05, 4.69) is 4.98 Å². The number of rotatable bonds is 7. The van der Waals surface area contributed by atoms with Gasteiger partial charge in [0.05, 0.1) is 37.4 Å². The molecule has 0 aliphatic rings. The molecule has 32 heavy (non-hydrogen) atoms. The summed E-state index contributed by atoms with van der Waals surface area (Å²) in [6.45, 7) is 4.41. The number of methoxy groups -OCH3 is 2. The minimum absolute atomic E-state index is 0.0555. The van der Waals surface area contributed by atoms with E-state index in [1.165, 1.54) is 11.8 Å². The highest BCUT2D eigenvalue weighted by Gasteiger charge is 2.15. The molecule has 0 unspecified atom stereocenters. The quantitative estimate of drug-likeness (QED) is 0.300. The second kappa shape index (κ2) is 9.44. The third kappa shape index (κ3) is 4.34. The molecule has 0 atom stereocenters. The summed E-state index contributed by atoms with van der Waals surface area (Å²) >= 11 is 1.50. The first-order chi connectivity index (χ1) is 15.5. The normalized spacial score (nSPS) is 11.0. The van der Waals surface area contributed by atoms with E-state index in [0.717, 1.165) is 33.9 Å². The Morgan fingerprint density at radius 3 is 2.47 bits per heavy atom. The number of aryl methyl sites for hydroxylation is 1. The first-order valence-corrected chi connectivity index (χ1v) is 11.2. The zero-order valence-corrected chi connectivity index (χ0v) is 19.4. The lowest BCUT2D eigenvalue weighted by molar-refractivity contribution is 0.407. The number of hydrogen-bond donors (Lipinski definition) is 0. The van der Waals surface area contributed by atoms with Crippen LogP contribution in [-0.2, 0) is 12.3 Å². The molecule has 2 aromatic carbocycles. The third-order valence-electron chi connectivity index (χ3n) is 5.41. The van der Waals surface area contributed by atoms with Gasteiger partial charge in [0, 0.05) is 23.1 Å². The number of para-hydroxylation sites is 1. The fourth-order valence-electron chi connectivity index (χ4n) is 3.66. The molecule has 0 N–H and O–H groups in total. The number of fused-ring (bicyclic) bond motifs is 1. The van der Waals surface area contributed by atoms with Gasteiger partial charge in [-0.05, 0) is 43.7 Å². The van der Waals surface area contributed by atoms with Crippen LogP contribution in [0.5, 0.6) is 11.5 Å². The van der Waals surface area contributed by atoms with E-state index >= 15 is 0 Å². The second-order valence-corrected chi connectivity index (χ2v) is 8.43. The Hall–Kier alpha value is -3.32. The molecule has 6 nitrogen and oxygen atoms in total. The molecule has 7 heteroatoms. The number of hydrogen-bond acceptors (Lipinski definition) is 6. The number of nitrogens with zero attached hydrogens (tertiary/aromatic N) is 3. The van der Waals surface area contributed by atoms with Crippen molar-refractivity contribution < 1.29 is 9.47 Å². The highest BCUT2D eigenvalue weighted by atomic mass is 32.2. The Morgan fingerprint density at radius 2 is 1.75 bits per heavy atom. The van der Waals surface area contributed by atoms with Crippen LogP contribution in [0.25, 0.3) is 10.9 Å². The van der Waals surface area contributed by atoms with Gasteiger partial charge >= 0.3 is 0 Å². The van der Waals surface area contributed by atoms with E-state index in [1.807, 2.05) is 68.6 Å². The van der Waals surface area contributed by atoms with E-state index in [4.69, 9.17) is 14.5 Å². The zero-order chi connectivity index (χ0) is 22.7. The topological polar surface area (TPSA) is 66.2 Å². The van der Waals surface area contributed by atoms with Crippen LogP contribution in [0, 0.1) is 13.8 Å². The maximum absolute atomic E-state index is 13.3. The van der Waals surface area contributed by atoms with Crippen molar-refractivity contribution in [3.8, 4) is 11.5 Å². The van der Waals surface area contributed by atoms with Crippen LogP contribution in [0.1, 0.15) is 22.4 Å². The van der Waals surface area contributed by atoms with Gasteiger partial charge in [-0.1, -0.05) is 36.0 Å². The molecule has 0 fully saturated rings. The zero-order valence-electron chi connectivity index (χ0n) is 18.6. The molecule has 2 aromatic heterocycles. The Labute approximate surface area is 191 Å². The first kappa shape index (κ1) is 21.9. The van der Waals surface area contributed by atoms with Gasteiger partial charge in [0.15, 0.2) is 5.16 Å². The molecule has 2 heterocycles. The molecule has 0 aliphatic carbocycles. The van der Waals surface area contributed by atoms with Crippen molar-refractivity contribution in [3.63, 3.8) is 0 Å². The number of pyridine rings is 1. The average molecular weight is 448 g/mol. The molecule has 0 saturated carbocycles. The van der Waals surface area contributed by atoms with Crippen molar-refractivity contribution in [1.29, 1.82) is 0 Å². The summed E-state index contributed by atoms with van der Waals surface area (Å²) in [5, 5.41) is 1.27. The Kier molecular flexibility index (Phi) is 6.46. The molecule has 0 amide bonds. The van der Waals surface area contributed by atoms with Crippen molar-refractivity contribution in [2.45, 2.75) is 31.3 Å². The van der Waals surface area contributed by atoms with Crippen LogP contribution in [0.2, 0.25) is 0 Å². The van der Waals surface area contributed by atoms with Crippen LogP contribution in [0.15, 0.2) is 64.7 Å². The molecular weight excluding hydrogens is 422 g/mol. The lowest BCUT2D eigenvalue weighted by Crippen LogP contribution is -2.24. The largest absolute Gasteiger partial charge is 0.497 e. The average Bonchev–Trinajstić information content (AvgIpc) is 2.81. The Morgan fingerprint density at radius 1 is 1.00 bits per heavy atom. The molecule has 0 spiro atoms. The number of thioether (sulfide) groups is 1. The van der Waals surface area contributed by atoms with Gasteiger partial charge in [0.1, 0.15) is 11.5 Å². The molecular formula is C25H25N3O3S. The van der Waals surface area contributed by atoms with Crippen molar-refractivity contribution >= 4 is 22.7 Å². The second-order valence-electron chi connectivity index (χ2n) is 7.49. The summed E-state index contributed by atoms with van der Waals surface area (Å²) in [6, 6.07) is 15.2. The summed E-state index contributed by atoms with van der Waals surface area (Å²) in [5.74, 6) is 2.20. The molecule has 4 aromatic rings. The first-order valence-electron chi connectivity index (χ1n) is 10.3. The fraction of sp³-hybridized carbons (Fsp3) is 0.240. The summed E-state index contributed by atoms with van der Waals surface area (Å²) in [4.78, 5) is 22.8. The standard InChI is InChI=1S/C25H25N3O3S/c1-16-13-26-22(17(2)23(16)31-4)15-32-25-27-21-8-6-5-7-20(21)24(29)28(25)14-18-9-11-19(30-3)12-10-18/h5-13H,14-15H2,1-4H3. The van der Waals surface area contributed by atoms with E-state index in [-0.39, 0.29) is 5.56 Å². The van der Waals surface area contributed by atoms with Crippen LogP contribution in [0.4, 0.5) is 0 Å². The SMILES string of the molecule is COc1ccc(Cn2c(SCc3ncc(C)c(OC)c3C)nc3ccccc3c2=O)cc1. The monoisotopic (exact) mass is 447 g/mol. The molecule has 0 bridgehead atoms. The molecule has 0 radical (unpaired) electrons. The summed E-state index contributed by atoms with van der Waals surface area (Å²) in [6.07, 6.45) is 1.82. The van der Waals surface area contributed by atoms with E-state index in [1.54, 1.807) is 18.8 Å². The number of aromatic nitrogens is 3. The predicted molar refractivity (Wildman–Crippen MR) is 128 cm³/mol. The van der Waals surface area contributed by atoms with Gasteiger partial charge in [0.2, 0.25) is 0 Å². The highest BCUT2D eigenvalue weighted by molar-refractivity contribution is 7.98. The smallest absolute Gasteiger partial charge is 0.262 e. The number of ether oxygens (including phenoxy) is 2. The summed E-state index contributed by atoms with van der Waals surface area (Å²) in [7, 11) is 3.31. The summed E-state index contributed by atoms with van der Waals surface area (Å²) < 4.78 is 12.5. The van der Waals surface area contributed by atoms with E-state index in [0.29, 0.717) is 28.4 Å². The van der Waals surface area contributed by atoms with Gasteiger partial charge in [-0.15, -0.1) is 0 Å². The molecule has 0 aliphatic heterocycles. The molecule has 0 saturated heterocycles. The minimum atomic E-state index is -0.0555. The van der Waals surface area contributed by atoms with Crippen molar-refractivity contribution in [2.75, 3.05) is 14.2 Å². The lowest BCUT2D eigenvalue weighted by Gasteiger charge is -2.15. The minimum Gasteiger partial charge on any atom is -0.497 e.